The van der Waals surface area contributed by atoms with Gasteiger partial charge in [-0.05, 0) is 55.9 Å². The van der Waals surface area contributed by atoms with Crippen molar-refractivity contribution >= 4 is 17.2 Å². The van der Waals surface area contributed by atoms with Crippen LogP contribution in [0.4, 0.5) is 10.5 Å². The van der Waals surface area contributed by atoms with Crippen LogP contribution in [0, 0.1) is 12.8 Å². The van der Waals surface area contributed by atoms with E-state index in [1.54, 1.807) is 13.3 Å². The van der Waals surface area contributed by atoms with Gasteiger partial charge in [0.05, 0.1) is 55.2 Å². The molecule has 2 aromatic heterocycles. The van der Waals surface area contributed by atoms with Crippen molar-refractivity contribution < 1.29 is 14.3 Å². The summed E-state index contributed by atoms with van der Waals surface area (Å²) in [6.45, 7) is 5.97. The number of anilines is 1. The van der Waals surface area contributed by atoms with Crippen molar-refractivity contribution in [1.29, 1.82) is 0 Å². The molecule has 1 aromatic carbocycles. The van der Waals surface area contributed by atoms with Crippen LogP contribution in [0.25, 0.3) is 16.8 Å². The summed E-state index contributed by atoms with van der Waals surface area (Å²) < 4.78 is 12.8. The van der Waals surface area contributed by atoms with Gasteiger partial charge in [-0.1, -0.05) is 13.0 Å². The topological polar surface area (TPSA) is 81.0 Å². The number of methoxy groups -OCH3 is 1. The third-order valence-electron chi connectivity index (χ3n) is 6.96. The van der Waals surface area contributed by atoms with Crippen molar-refractivity contribution in [2.24, 2.45) is 5.92 Å². The number of nitrogens with one attached hydrogen (secondary N) is 1. The molecule has 1 aliphatic heterocycles. The summed E-state index contributed by atoms with van der Waals surface area (Å²) in [6, 6.07) is 8.09. The van der Waals surface area contributed by atoms with Crippen LogP contribution < -0.4 is 5.32 Å². The molecule has 0 radical (unpaired) electrons. The van der Waals surface area contributed by atoms with E-state index in [1.807, 2.05) is 53.0 Å². The highest BCUT2D eigenvalue weighted by atomic mass is 16.5. The Hall–Kier alpha value is -2.97. The molecule has 8 nitrogen and oxygen atoms in total. The normalized spacial score (nSPS) is 24.0. The smallest absolute Gasteiger partial charge is 0.322 e. The molecule has 1 saturated carbocycles. The lowest BCUT2D eigenvalue weighted by Crippen LogP contribution is -2.74. The van der Waals surface area contributed by atoms with Crippen molar-refractivity contribution in [2.45, 2.75) is 44.7 Å². The summed E-state index contributed by atoms with van der Waals surface area (Å²) in [6.07, 6.45) is 8.49. The van der Waals surface area contributed by atoms with Gasteiger partial charge < -0.3 is 19.7 Å². The second kappa shape index (κ2) is 8.76. The maximum absolute atomic E-state index is 13.4. The van der Waals surface area contributed by atoms with E-state index in [1.165, 1.54) is 0 Å². The molecular formula is C25H31N5O3. The zero-order valence-electron chi connectivity index (χ0n) is 19.5. The molecule has 1 aliphatic carbocycles. The van der Waals surface area contributed by atoms with Crippen LogP contribution in [0.2, 0.25) is 0 Å². The molecular weight excluding hydrogens is 418 g/mol. The lowest BCUT2D eigenvalue weighted by Gasteiger charge is -2.63. The third-order valence-corrected chi connectivity index (χ3v) is 6.96. The lowest BCUT2D eigenvalue weighted by atomic mass is 9.65. The number of fused-ring (bicyclic) bond motifs is 3. The molecule has 3 heterocycles. The molecule has 2 fully saturated rings. The number of benzene rings is 1. The number of likely N-dealkylation sites (tertiary alicyclic amines) is 1. The number of hydrogen-bond acceptors (Lipinski definition) is 5. The molecule has 1 N–H and O–H groups in total. The van der Waals surface area contributed by atoms with Gasteiger partial charge in [-0.3, -0.25) is 4.98 Å². The highest BCUT2D eigenvalue weighted by Crippen LogP contribution is 2.50. The molecule has 3 aromatic rings. The van der Waals surface area contributed by atoms with Crippen molar-refractivity contribution in [2.75, 3.05) is 32.2 Å². The second-order valence-corrected chi connectivity index (χ2v) is 9.48. The van der Waals surface area contributed by atoms with Gasteiger partial charge in [0.25, 0.3) is 0 Å². The zero-order valence-corrected chi connectivity index (χ0v) is 19.5. The van der Waals surface area contributed by atoms with E-state index in [-0.39, 0.29) is 17.6 Å². The van der Waals surface area contributed by atoms with E-state index < -0.39 is 0 Å². The van der Waals surface area contributed by atoms with E-state index in [0.29, 0.717) is 25.7 Å². The number of urea groups is 1. The van der Waals surface area contributed by atoms with E-state index in [9.17, 15) is 4.79 Å². The number of aryl methyl sites for hydroxylation is 1. The molecule has 5 rings (SSSR count). The highest BCUT2D eigenvalue weighted by Gasteiger charge is 2.58. The number of rotatable bonds is 7. The molecule has 1 unspecified atom stereocenters. The van der Waals surface area contributed by atoms with E-state index in [2.05, 4.69) is 22.3 Å². The predicted octanol–water partition coefficient (Wildman–Crippen LogP) is 4.14. The number of nitrogens with zero attached hydrogens (tertiary/aromatic N) is 4. The van der Waals surface area contributed by atoms with Crippen LogP contribution in [0.3, 0.4) is 0 Å². The maximum atomic E-state index is 13.4. The second-order valence-electron chi connectivity index (χ2n) is 9.48. The standard InChI is InChI=1S/C25H31N5O3/c1-17-10-21-13-25(12-17,16-33-9-8-32-3)30(21)24(31)28-19-5-4-18(2)22(11-19)23-15-29-20(14-26-23)6-7-27-29/h4-7,11,14-15,17,21H,8-10,12-13,16H2,1-3H3,(H,28,31)/t17-,21+,25?/m1/s1. The molecule has 1 saturated heterocycles. The Kier molecular flexibility index (Phi) is 5.80. The molecule has 33 heavy (non-hydrogen) atoms. The van der Waals surface area contributed by atoms with Crippen molar-refractivity contribution in [3.8, 4) is 11.3 Å². The first kappa shape index (κ1) is 21.9. The van der Waals surface area contributed by atoms with E-state index in [0.717, 1.165) is 47.3 Å². The summed E-state index contributed by atoms with van der Waals surface area (Å²) in [5, 5.41) is 7.45. The Labute approximate surface area is 193 Å². The van der Waals surface area contributed by atoms with Crippen LogP contribution in [-0.2, 0) is 9.47 Å². The average molecular weight is 450 g/mol. The first-order valence-corrected chi connectivity index (χ1v) is 11.6. The number of aromatic nitrogens is 3. The van der Waals surface area contributed by atoms with E-state index in [4.69, 9.17) is 9.47 Å². The molecule has 174 valence electrons. The summed E-state index contributed by atoms with van der Waals surface area (Å²) in [5.74, 6) is 0.591. The number of ether oxygens (including phenoxy) is 2. The average Bonchev–Trinajstić information content (AvgIpc) is 3.25. The minimum absolute atomic E-state index is 0.0567. The summed E-state index contributed by atoms with van der Waals surface area (Å²) in [5.41, 5.74) is 4.36. The molecule has 2 aliphatic rings. The maximum Gasteiger partial charge on any atom is 0.322 e. The molecule has 8 heteroatoms. The highest BCUT2D eigenvalue weighted by molar-refractivity contribution is 5.92. The van der Waals surface area contributed by atoms with Crippen LogP contribution >= 0.6 is 0 Å². The monoisotopic (exact) mass is 449 g/mol. The number of amides is 2. The number of piperidine rings is 1. The number of hydrogen-bond donors (Lipinski definition) is 1. The van der Waals surface area contributed by atoms with Gasteiger partial charge in [0.2, 0.25) is 0 Å². The molecule has 3 atom stereocenters. The van der Waals surface area contributed by atoms with Crippen LogP contribution in [0.15, 0.2) is 42.9 Å². The fraction of sp³-hybridized carbons (Fsp3) is 0.480. The summed E-state index contributed by atoms with van der Waals surface area (Å²) in [7, 11) is 1.67. The Balaban J connectivity index is 1.34. The van der Waals surface area contributed by atoms with Crippen molar-refractivity contribution in [3.63, 3.8) is 0 Å². The first-order chi connectivity index (χ1) is 16.0. The number of carbonyl (C=O) groups is 1. The van der Waals surface area contributed by atoms with Gasteiger partial charge in [-0.25, -0.2) is 9.31 Å². The van der Waals surface area contributed by atoms with Gasteiger partial charge in [0.1, 0.15) is 0 Å². The van der Waals surface area contributed by atoms with Crippen molar-refractivity contribution in [3.05, 3.63) is 48.4 Å². The zero-order chi connectivity index (χ0) is 23.0. The minimum atomic E-state index is -0.222. The first-order valence-electron chi connectivity index (χ1n) is 11.6. The Morgan fingerprint density at radius 1 is 1.27 bits per heavy atom. The van der Waals surface area contributed by atoms with Gasteiger partial charge >= 0.3 is 6.03 Å². The van der Waals surface area contributed by atoms with Gasteiger partial charge in [-0.2, -0.15) is 5.10 Å². The fourth-order valence-electron chi connectivity index (χ4n) is 5.56. The molecule has 2 bridgehead atoms. The molecule has 0 spiro atoms. The van der Waals surface area contributed by atoms with Crippen LogP contribution in [0.5, 0.6) is 0 Å². The Morgan fingerprint density at radius 3 is 3.00 bits per heavy atom. The minimum Gasteiger partial charge on any atom is -0.382 e. The van der Waals surface area contributed by atoms with Crippen molar-refractivity contribution in [1.82, 2.24) is 19.5 Å². The predicted molar refractivity (Wildman–Crippen MR) is 126 cm³/mol. The number of carbonyl (C=O) groups excluding carboxylic acids is 1. The van der Waals surface area contributed by atoms with Gasteiger partial charge in [-0.15, -0.1) is 0 Å². The van der Waals surface area contributed by atoms with Gasteiger partial charge in [0.15, 0.2) is 0 Å². The van der Waals surface area contributed by atoms with E-state index >= 15 is 0 Å². The molecule has 2 amide bonds. The largest absolute Gasteiger partial charge is 0.382 e. The quantitative estimate of drug-likeness (QED) is 0.548. The van der Waals surface area contributed by atoms with Gasteiger partial charge in [0, 0.05) is 24.4 Å². The third kappa shape index (κ3) is 4.09. The Morgan fingerprint density at radius 2 is 2.15 bits per heavy atom. The summed E-state index contributed by atoms with van der Waals surface area (Å²) in [4.78, 5) is 20.0. The lowest BCUT2D eigenvalue weighted by molar-refractivity contribution is -0.131. The van der Waals surface area contributed by atoms with Crippen LogP contribution in [0.1, 0.15) is 31.7 Å². The van der Waals surface area contributed by atoms with Crippen LogP contribution in [-0.4, -0.2) is 64.0 Å². The SMILES string of the molecule is COCCOCC12C[C@H](C)C[C@@H](C1)N2C(=O)Nc1ccc(C)c(-c2cn3nccc3cn2)c1. The Bertz CT molecular complexity index is 1160. The summed E-state index contributed by atoms with van der Waals surface area (Å²) >= 11 is 0. The fourth-order valence-corrected chi connectivity index (χ4v) is 5.56.